The summed E-state index contributed by atoms with van der Waals surface area (Å²) in [6.07, 6.45) is 3.35. The molecule has 2 atom stereocenters. The highest BCUT2D eigenvalue weighted by atomic mass is 16.3. The van der Waals surface area contributed by atoms with E-state index in [-0.39, 0.29) is 17.5 Å². The van der Waals surface area contributed by atoms with E-state index in [0.29, 0.717) is 11.8 Å². The number of carbonyl (C=O) groups excluding carboxylic acids is 2. The second-order valence-electron chi connectivity index (χ2n) is 8.23. The predicted octanol–water partition coefficient (Wildman–Crippen LogP) is 1.31. The van der Waals surface area contributed by atoms with E-state index in [4.69, 9.17) is 5.73 Å². The molecule has 1 aromatic carbocycles. The van der Waals surface area contributed by atoms with Crippen LogP contribution in [0.4, 0.5) is 23.1 Å². The summed E-state index contributed by atoms with van der Waals surface area (Å²) in [5.41, 5.74) is 7.55. The Balaban J connectivity index is 1.44. The zero-order valence-electron chi connectivity index (χ0n) is 18.1. The van der Waals surface area contributed by atoms with Crippen LogP contribution in [0.15, 0.2) is 30.5 Å². The van der Waals surface area contributed by atoms with E-state index in [9.17, 15) is 14.7 Å². The van der Waals surface area contributed by atoms with Gasteiger partial charge in [-0.05, 0) is 43.5 Å². The van der Waals surface area contributed by atoms with Crippen molar-refractivity contribution >= 4 is 35.0 Å². The van der Waals surface area contributed by atoms with Crippen LogP contribution in [0.1, 0.15) is 36.5 Å². The van der Waals surface area contributed by atoms with Gasteiger partial charge < -0.3 is 31.3 Å². The van der Waals surface area contributed by atoms with E-state index in [1.165, 1.54) is 6.20 Å². The van der Waals surface area contributed by atoms with Crippen LogP contribution in [0, 0.1) is 0 Å². The summed E-state index contributed by atoms with van der Waals surface area (Å²) >= 11 is 0. The normalized spacial score (nSPS) is 20.8. The first kappa shape index (κ1) is 21.8. The summed E-state index contributed by atoms with van der Waals surface area (Å²) in [4.78, 5) is 36.0. The molecule has 2 aliphatic rings. The number of nitrogens with zero attached hydrogens (tertiary/aromatic N) is 4. The third-order valence-electron chi connectivity index (χ3n) is 6.07. The Kier molecular flexibility index (Phi) is 6.40. The van der Waals surface area contributed by atoms with Crippen LogP contribution in [-0.2, 0) is 4.79 Å². The van der Waals surface area contributed by atoms with Crippen LogP contribution in [0.25, 0.3) is 0 Å². The molecular weight excluding hydrogens is 410 g/mol. The number of hydrogen-bond acceptors (Lipinski definition) is 8. The minimum absolute atomic E-state index is 0.114. The van der Waals surface area contributed by atoms with Crippen molar-refractivity contribution in [3.8, 4) is 0 Å². The molecule has 2 heterocycles. The number of amides is 2. The molecule has 2 fully saturated rings. The molecule has 1 saturated carbocycles. The molecule has 170 valence electrons. The maximum Gasteiger partial charge on any atom is 0.254 e. The molecule has 32 heavy (non-hydrogen) atoms. The highest BCUT2D eigenvalue weighted by Crippen LogP contribution is 2.26. The molecule has 5 N–H and O–H groups in total. The maximum atomic E-state index is 11.8. The number of aliphatic hydroxyl groups excluding tert-OH is 1. The number of hydrogen-bond donors (Lipinski definition) is 4. The molecule has 10 nitrogen and oxygen atoms in total. The van der Waals surface area contributed by atoms with Gasteiger partial charge in [-0.3, -0.25) is 9.59 Å². The summed E-state index contributed by atoms with van der Waals surface area (Å²) in [5, 5.41) is 16.4. The van der Waals surface area contributed by atoms with Gasteiger partial charge in [0.05, 0.1) is 17.7 Å². The Morgan fingerprint density at radius 1 is 1.12 bits per heavy atom. The zero-order chi connectivity index (χ0) is 22.7. The fourth-order valence-corrected chi connectivity index (χ4v) is 4.18. The summed E-state index contributed by atoms with van der Waals surface area (Å²) in [5.74, 6) is 0.136. The summed E-state index contributed by atoms with van der Waals surface area (Å²) in [6, 6.07) is 7.73. The highest BCUT2D eigenvalue weighted by Gasteiger charge is 2.27. The number of nitrogens with one attached hydrogen (secondary N) is 2. The van der Waals surface area contributed by atoms with Gasteiger partial charge in [0.1, 0.15) is 5.82 Å². The first-order valence-corrected chi connectivity index (χ1v) is 10.9. The Morgan fingerprint density at radius 2 is 1.84 bits per heavy atom. The second kappa shape index (κ2) is 9.39. The number of rotatable bonds is 6. The molecule has 2 aromatic rings. The van der Waals surface area contributed by atoms with Crippen LogP contribution in [0.5, 0.6) is 0 Å². The van der Waals surface area contributed by atoms with Crippen LogP contribution in [0.2, 0.25) is 0 Å². The van der Waals surface area contributed by atoms with Gasteiger partial charge in [0.2, 0.25) is 11.9 Å². The molecule has 0 radical (unpaired) electrons. The lowest BCUT2D eigenvalue weighted by Crippen LogP contribution is -2.48. The number of piperazine rings is 1. The van der Waals surface area contributed by atoms with E-state index < -0.39 is 12.0 Å². The molecule has 0 spiro atoms. The summed E-state index contributed by atoms with van der Waals surface area (Å²) < 4.78 is 0. The van der Waals surface area contributed by atoms with Crippen molar-refractivity contribution in [1.82, 2.24) is 14.9 Å². The zero-order valence-corrected chi connectivity index (χ0v) is 18.1. The second-order valence-corrected chi connectivity index (χ2v) is 8.23. The van der Waals surface area contributed by atoms with E-state index in [0.717, 1.165) is 56.8 Å². The van der Waals surface area contributed by atoms with Gasteiger partial charge in [-0.15, -0.1) is 0 Å². The van der Waals surface area contributed by atoms with Crippen molar-refractivity contribution in [3.63, 3.8) is 0 Å². The van der Waals surface area contributed by atoms with Gasteiger partial charge in [0.25, 0.3) is 5.91 Å². The highest BCUT2D eigenvalue weighted by molar-refractivity contribution is 5.97. The quantitative estimate of drug-likeness (QED) is 0.529. The summed E-state index contributed by atoms with van der Waals surface area (Å²) in [7, 11) is 0. The van der Waals surface area contributed by atoms with Crippen LogP contribution in [-0.4, -0.2) is 70.1 Å². The monoisotopic (exact) mass is 439 g/mol. The smallest absolute Gasteiger partial charge is 0.254 e. The molecule has 1 aliphatic heterocycles. The van der Waals surface area contributed by atoms with Gasteiger partial charge in [0, 0.05) is 50.7 Å². The average Bonchev–Trinajstić information content (AvgIpc) is 3.18. The van der Waals surface area contributed by atoms with Gasteiger partial charge in [-0.2, -0.15) is 4.98 Å². The first-order valence-electron chi connectivity index (χ1n) is 10.9. The average molecular weight is 440 g/mol. The van der Waals surface area contributed by atoms with E-state index >= 15 is 0 Å². The predicted molar refractivity (Wildman–Crippen MR) is 122 cm³/mol. The minimum Gasteiger partial charge on any atom is -0.391 e. The minimum atomic E-state index is -0.624. The number of nitrogens with two attached hydrogens (primary N) is 1. The van der Waals surface area contributed by atoms with Crippen LogP contribution in [0.3, 0.4) is 0 Å². The SMILES string of the molecule is CC(=O)N1CCN(c2ccc(Nc3ncc(C(N)=O)c(NC4CCCC4O)n3)cc2)CC1. The lowest BCUT2D eigenvalue weighted by molar-refractivity contribution is -0.129. The molecular formula is C22H29N7O3. The number of aromatic nitrogens is 2. The molecule has 0 bridgehead atoms. The molecule has 1 aliphatic carbocycles. The lowest BCUT2D eigenvalue weighted by Gasteiger charge is -2.35. The van der Waals surface area contributed by atoms with E-state index in [1.807, 2.05) is 29.2 Å². The van der Waals surface area contributed by atoms with Gasteiger partial charge in [-0.25, -0.2) is 4.98 Å². The largest absolute Gasteiger partial charge is 0.391 e. The lowest BCUT2D eigenvalue weighted by atomic mass is 10.2. The molecule has 4 rings (SSSR count). The van der Waals surface area contributed by atoms with Gasteiger partial charge in [-0.1, -0.05) is 0 Å². The standard InChI is InChI=1S/C22H29N7O3/c1-14(30)28-9-11-29(12-10-28)16-7-5-15(6-8-16)25-22-24-13-17(20(23)32)21(27-22)26-18-3-2-4-19(18)31/h5-8,13,18-19,31H,2-4,9-12H2,1H3,(H2,23,32)(H2,24,25,26,27). The fourth-order valence-electron chi connectivity index (χ4n) is 4.18. The molecule has 1 aromatic heterocycles. The van der Waals surface area contributed by atoms with E-state index in [2.05, 4.69) is 25.5 Å². The van der Waals surface area contributed by atoms with Gasteiger partial charge >= 0.3 is 0 Å². The Labute approximate surface area is 186 Å². The molecule has 2 unspecified atom stereocenters. The summed E-state index contributed by atoms with van der Waals surface area (Å²) in [6.45, 7) is 4.64. The first-order chi connectivity index (χ1) is 15.4. The van der Waals surface area contributed by atoms with Crippen molar-refractivity contribution in [2.24, 2.45) is 5.73 Å². The molecule has 2 amide bonds. The maximum absolute atomic E-state index is 11.8. The third-order valence-corrected chi connectivity index (χ3v) is 6.07. The number of benzene rings is 1. The van der Waals surface area contributed by atoms with Crippen molar-refractivity contribution in [2.45, 2.75) is 38.3 Å². The third kappa shape index (κ3) is 4.91. The van der Waals surface area contributed by atoms with Crippen molar-refractivity contribution in [3.05, 3.63) is 36.0 Å². The van der Waals surface area contributed by atoms with Crippen LogP contribution >= 0.6 is 0 Å². The van der Waals surface area contributed by atoms with Crippen molar-refractivity contribution < 1.29 is 14.7 Å². The number of anilines is 4. The Hall–Kier alpha value is -3.40. The Bertz CT molecular complexity index is 974. The number of aliphatic hydroxyl groups is 1. The topological polar surface area (TPSA) is 137 Å². The fraction of sp³-hybridized carbons (Fsp3) is 0.455. The van der Waals surface area contributed by atoms with Crippen molar-refractivity contribution in [2.75, 3.05) is 41.7 Å². The number of primary amides is 1. The van der Waals surface area contributed by atoms with Gasteiger partial charge in [0.15, 0.2) is 0 Å². The number of carbonyl (C=O) groups is 2. The molecule has 1 saturated heterocycles. The van der Waals surface area contributed by atoms with E-state index in [1.54, 1.807) is 6.92 Å². The van der Waals surface area contributed by atoms with Crippen molar-refractivity contribution in [1.29, 1.82) is 0 Å². The van der Waals surface area contributed by atoms with Crippen LogP contribution < -0.4 is 21.3 Å². The molecule has 10 heteroatoms. The Morgan fingerprint density at radius 3 is 2.44 bits per heavy atom.